The largest absolute Gasteiger partial charge is 0.371 e. The van der Waals surface area contributed by atoms with Crippen LogP contribution in [0.15, 0.2) is 11.0 Å². The third kappa shape index (κ3) is 2.41. The Labute approximate surface area is 103 Å². The van der Waals surface area contributed by atoms with E-state index in [1.54, 1.807) is 0 Å². The Balaban J connectivity index is 2.21. The van der Waals surface area contributed by atoms with E-state index in [0.29, 0.717) is 12.2 Å². The molecule has 1 aliphatic rings. The molecule has 1 aromatic rings. The van der Waals surface area contributed by atoms with Gasteiger partial charge in [-0.25, -0.2) is 4.68 Å². The second-order valence-electron chi connectivity index (χ2n) is 3.93. The van der Waals surface area contributed by atoms with Crippen LogP contribution in [-0.4, -0.2) is 28.3 Å². The number of nitrogens with one attached hydrogen (secondary N) is 2. The van der Waals surface area contributed by atoms with E-state index in [4.69, 9.17) is 11.6 Å². The highest BCUT2D eigenvalue weighted by atomic mass is 35.5. The van der Waals surface area contributed by atoms with Gasteiger partial charge in [-0.15, -0.1) is 0 Å². The van der Waals surface area contributed by atoms with Gasteiger partial charge >= 0.3 is 0 Å². The summed E-state index contributed by atoms with van der Waals surface area (Å²) in [6.07, 6.45) is 3.07. The van der Waals surface area contributed by atoms with Crippen molar-refractivity contribution in [1.82, 2.24) is 15.1 Å². The number of amides is 1. The molecule has 6 nitrogen and oxygen atoms in total. The van der Waals surface area contributed by atoms with E-state index in [0.717, 1.165) is 17.5 Å². The highest BCUT2D eigenvalue weighted by Crippen LogP contribution is 2.18. The molecular weight excluding hydrogens is 244 g/mol. The maximum absolute atomic E-state index is 11.5. The van der Waals surface area contributed by atoms with Crippen molar-refractivity contribution in [1.29, 1.82) is 0 Å². The number of carbonyl (C=O) groups excluding carboxylic acids is 1. The average Bonchev–Trinajstić information content (AvgIpc) is 2.32. The van der Waals surface area contributed by atoms with E-state index in [1.807, 2.05) is 0 Å². The van der Waals surface area contributed by atoms with Crippen molar-refractivity contribution in [2.75, 3.05) is 11.9 Å². The lowest BCUT2D eigenvalue weighted by Gasteiger charge is -2.23. The van der Waals surface area contributed by atoms with Crippen LogP contribution in [0.4, 0.5) is 5.69 Å². The molecule has 1 saturated heterocycles. The summed E-state index contributed by atoms with van der Waals surface area (Å²) >= 11 is 5.90. The number of hydrogen-bond donors (Lipinski definition) is 2. The summed E-state index contributed by atoms with van der Waals surface area (Å²) in [5, 5.41) is 9.61. The molecule has 2 heterocycles. The molecule has 0 spiro atoms. The number of aromatic nitrogens is 2. The summed E-state index contributed by atoms with van der Waals surface area (Å²) in [4.78, 5) is 23.1. The van der Waals surface area contributed by atoms with Gasteiger partial charge in [0, 0.05) is 13.6 Å². The lowest BCUT2D eigenvalue weighted by Crippen LogP contribution is -2.44. The highest BCUT2D eigenvalue weighted by molar-refractivity contribution is 6.33. The smallest absolute Gasteiger partial charge is 0.287 e. The van der Waals surface area contributed by atoms with Crippen LogP contribution >= 0.6 is 11.6 Å². The summed E-state index contributed by atoms with van der Waals surface area (Å²) in [5.41, 5.74) is 0.0182. The van der Waals surface area contributed by atoms with Gasteiger partial charge in [-0.2, -0.15) is 5.10 Å². The molecule has 1 unspecified atom stereocenters. The number of aryl methyl sites for hydroxylation is 1. The molecule has 0 radical (unpaired) electrons. The molecule has 1 aliphatic heterocycles. The quantitative estimate of drug-likeness (QED) is 0.788. The first-order valence-corrected chi connectivity index (χ1v) is 5.73. The number of hydrogen-bond acceptors (Lipinski definition) is 4. The molecule has 1 aromatic heterocycles. The SMILES string of the molecule is Cn1ncc(NC2CCCNC2=O)c(Cl)c1=O. The van der Waals surface area contributed by atoms with E-state index in [1.165, 1.54) is 13.2 Å². The minimum atomic E-state index is -0.382. The van der Waals surface area contributed by atoms with E-state index in [-0.39, 0.29) is 22.5 Å². The second kappa shape index (κ2) is 4.75. The summed E-state index contributed by atoms with van der Waals surface area (Å²) in [7, 11) is 1.52. The Morgan fingerprint density at radius 1 is 1.59 bits per heavy atom. The van der Waals surface area contributed by atoms with Gasteiger partial charge in [-0.05, 0) is 12.8 Å². The molecule has 2 rings (SSSR count). The van der Waals surface area contributed by atoms with Crippen LogP contribution in [0, 0.1) is 0 Å². The molecule has 7 heteroatoms. The average molecular weight is 257 g/mol. The van der Waals surface area contributed by atoms with E-state index >= 15 is 0 Å². The third-order valence-corrected chi connectivity index (χ3v) is 3.06. The lowest BCUT2D eigenvalue weighted by molar-refractivity contribution is -0.123. The zero-order valence-corrected chi connectivity index (χ0v) is 10.1. The van der Waals surface area contributed by atoms with Gasteiger partial charge in [-0.1, -0.05) is 11.6 Å². The number of rotatable bonds is 2. The van der Waals surface area contributed by atoms with Crippen LogP contribution < -0.4 is 16.2 Å². The Morgan fingerprint density at radius 2 is 2.35 bits per heavy atom. The first-order valence-electron chi connectivity index (χ1n) is 5.35. The van der Waals surface area contributed by atoms with Crippen molar-refractivity contribution in [3.63, 3.8) is 0 Å². The fraction of sp³-hybridized carbons (Fsp3) is 0.500. The second-order valence-corrected chi connectivity index (χ2v) is 4.31. The molecule has 0 saturated carbocycles. The molecule has 1 amide bonds. The van der Waals surface area contributed by atoms with E-state index < -0.39 is 0 Å². The Morgan fingerprint density at radius 3 is 3.06 bits per heavy atom. The predicted molar refractivity (Wildman–Crippen MR) is 64.1 cm³/mol. The summed E-state index contributed by atoms with van der Waals surface area (Å²) in [6.45, 7) is 0.694. The zero-order chi connectivity index (χ0) is 12.4. The molecule has 17 heavy (non-hydrogen) atoms. The van der Waals surface area contributed by atoms with E-state index in [2.05, 4.69) is 15.7 Å². The number of halogens is 1. The van der Waals surface area contributed by atoms with Crippen molar-refractivity contribution in [3.05, 3.63) is 21.6 Å². The van der Waals surface area contributed by atoms with Crippen LogP contribution in [0.25, 0.3) is 0 Å². The van der Waals surface area contributed by atoms with Crippen LogP contribution in [0.1, 0.15) is 12.8 Å². The standard InChI is InChI=1S/C10H13ClN4O2/c1-15-10(17)8(11)7(5-13-15)14-6-3-2-4-12-9(6)16/h5-6,14H,2-4H2,1H3,(H,12,16). The maximum atomic E-state index is 11.5. The summed E-state index contributed by atoms with van der Waals surface area (Å²) < 4.78 is 1.15. The van der Waals surface area contributed by atoms with Crippen LogP contribution in [0.2, 0.25) is 5.02 Å². The van der Waals surface area contributed by atoms with Crippen molar-refractivity contribution < 1.29 is 4.79 Å². The number of carbonyl (C=O) groups is 1. The normalized spacial score (nSPS) is 19.9. The monoisotopic (exact) mass is 256 g/mol. The van der Waals surface area contributed by atoms with Crippen molar-refractivity contribution in [3.8, 4) is 0 Å². The molecule has 2 N–H and O–H groups in total. The zero-order valence-electron chi connectivity index (χ0n) is 9.36. The van der Waals surface area contributed by atoms with Crippen molar-refractivity contribution in [2.45, 2.75) is 18.9 Å². The van der Waals surface area contributed by atoms with Gasteiger partial charge in [0.2, 0.25) is 5.91 Å². The topological polar surface area (TPSA) is 76.0 Å². The van der Waals surface area contributed by atoms with Crippen LogP contribution in [0.5, 0.6) is 0 Å². The van der Waals surface area contributed by atoms with Crippen LogP contribution in [-0.2, 0) is 11.8 Å². The Bertz CT molecular complexity index is 500. The minimum Gasteiger partial charge on any atom is -0.371 e. The third-order valence-electron chi connectivity index (χ3n) is 2.69. The van der Waals surface area contributed by atoms with E-state index in [9.17, 15) is 9.59 Å². The van der Waals surface area contributed by atoms with Crippen molar-refractivity contribution in [2.24, 2.45) is 7.05 Å². The van der Waals surface area contributed by atoms with Crippen LogP contribution in [0.3, 0.4) is 0 Å². The first kappa shape index (κ1) is 11.9. The molecule has 0 bridgehead atoms. The molecule has 92 valence electrons. The lowest BCUT2D eigenvalue weighted by atomic mass is 10.1. The minimum absolute atomic E-state index is 0.0564. The number of piperidine rings is 1. The van der Waals surface area contributed by atoms with Crippen molar-refractivity contribution >= 4 is 23.2 Å². The summed E-state index contributed by atoms with van der Waals surface area (Å²) in [5.74, 6) is -0.0759. The highest BCUT2D eigenvalue weighted by Gasteiger charge is 2.23. The molecule has 0 aromatic carbocycles. The fourth-order valence-corrected chi connectivity index (χ4v) is 1.93. The van der Waals surface area contributed by atoms with Gasteiger partial charge in [0.25, 0.3) is 5.56 Å². The van der Waals surface area contributed by atoms with Gasteiger partial charge < -0.3 is 10.6 Å². The summed E-state index contributed by atoms with van der Waals surface area (Å²) in [6, 6.07) is -0.352. The Hall–Kier alpha value is -1.56. The van der Waals surface area contributed by atoms with Gasteiger partial charge in [-0.3, -0.25) is 9.59 Å². The maximum Gasteiger partial charge on any atom is 0.287 e. The molecule has 1 fully saturated rings. The first-order chi connectivity index (χ1) is 8.09. The number of anilines is 1. The number of nitrogens with zero attached hydrogens (tertiary/aromatic N) is 2. The molecular formula is C10H13ClN4O2. The van der Waals surface area contributed by atoms with Gasteiger partial charge in [0.15, 0.2) is 0 Å². The fourth-order valence-electron chi connectivity index (χ4n) is 1.71. The predicted octanol–water partition coefficient (Wildman–Crippen LogP) is 0.124. The van der Waals surface area contributed by atoms with Gasteiger partial charge in [0.1, 0.15) is 11.1 Å². The molecule has 0 aliphatic carbocycles. The molecule has 1 atom stereocenters. The van der Waals surface area contributed by atoms with Gasteiger partial charge in [0.05, 0.1) is 11.9 Å². The Kier molecular flexibility index (Phi) is 3.33.